The van der Waals surface area contributed by atoms with Crippen LogP contribution >= 0.6 is 0 Å². The summed E-state index contributed by atoms with van der Waals surface area (Å²) in [6.45, 7) is 2.14. The van der Waals surface area contributed by atoms with Crippen LogP contribution in [0.15, 0.2) is 12.2 Å². The summed E-state index contributed by atoms with van der Waals surface area (Å²) in [5.74, 6) is 0.349. The number of hydrogen-bond acceptors (Lipinski definition) is 4. The van der Waals surface area contributed by atoms with E-state index in [0.29, 0.717) is 12.3 Å². The summed E-state index contributed by atoms with van der Waals surface area (Å²) in [6, 6.07) is 0. The molecular weight excluding hydrogens is 222 g/mol. The van der Waals surface area contributed by atoms with Crippen LogP contribution in [0.2, 0.25) is 0 Å². The second kappa shape index (κ2) is 5.14. The first-order chi connectivity index (χ1) is 8.18. The third-order valence-electron chi connectivity index (χ3n) is 3.77. The van der Waals surface area contributed by atoms with Gasteiger partial charge in [-0.25, -0.2) is 0 Å². The Hall–Kier alpha value is -0.940. The normalized spacial score (nSPS) is 37.9. The molecule has 1 unspecified atom stereocenters. The molecule has 2 aliphatic rings. The van der Waals surface area contributed by atoms with Crippen LogP contribution < -0.4 is 0 Å². The van der Waals surface area contributed by atoms with Crippen molar-refractivity contribution in [3.05, 3.63) is 22.3 Å². The highest BCUT2D eigenvalue weighted by atomic mass is 16.7. The first-order valence-electron chi connectivity index (χ1n) is 6.20. The summed E-state index contributed by atoms with van der Waals surface area (Å²) in [7, 11) is 0. The molecule has 0 bridgehead atoms. The second-order valence-electron chi connectivity index (χ2n) is 4.87. The SMILES string of the molecule is CCC1([N+](=O)[O-])COC(C2CC=CCC2)OC1. The minimum atomic E-state index is -1.04. The molecule has 1 aliphatic heterocycles. The molecule has 1 atom stereocenters. The smallest absolute Gasteiger partial charge is 0.267 e. The van der Waals surface area contributed by atoms with E-state index < -0.39 is 5.54 Å². The molecule has 1 fully saturated rings. The number of nitrogens with zero attached hydrogens (tertiary/aromatic N) is 1. The van der Waals surface area contributed by atoms with E-state index in [1.165, 1.54) is 0 Å². The lowest BCUT2D eigenvalue weighted by molar-refractivity contribution is -0.592. The van der Waals surface area contributed by atoms with E-state index in [0.717, 1.165) is 19.3 Å². The van der Waals surface area contributed by atoms with Crippen molar-refractivity contribution in [2.45, 2.75) is 44.4 Å². The van der Waals surface area contributed by atoms with Gasteiger partial charge in [-0.15, -0.1) is 0 Å². The highest BCUT2D eigenvalue weighted by Crippen LogP contribution is 2.30. The lowest BCUT2D eigenvalue weighted by Gasteiger charge is -2.36. The van der Waals surface area contributed by atoms with E-state index in [1.807, 2.05) is 0 Å². The Balaban J connectivity index is 1.93. The summed E-state index contributed by atoms with van der Waals surface area (Å²) in [4.78, 5) is 10.8. The van der Waals surface area contributed by atoms with Crippen molar-refractivity contribution < 1.29 is 14.4 Å². The van der Waals surface area contributed by atoms with Gasteiger partial charge in [-0.3, -0.25) is 10.1 Å². The van der Waals surface area contributed by atoms with Crippen LogP contribution in [0.3, 0.4) is 0 Å². The van der Waals surface area contributed by atoms with Gasteiger partial charge in [0.15, 0.2) is 6.29 Å². The van der Waals surface area contributed by atoms with E-state index in [-0.39, 0.29) is 24.4 Å². The molecule has 0 aromatic carbocycles. The maximum absolute atomic E-state index is 11.0. The largest absolute Gasteiger partial charge is 0.345 e. The molecule has 17 heavy (non-hydrogen) atoms. The number of nitro groups is 1. The van der Waals surface area contributed by atoms with E-state index in [2.05, 4.69) is 12.2 Å². The van der Waals surface area contributed by atoms with Gasteiger partial charge >= 0.3 is 0 Å². The maximum atomic E-state index is 11.0. The molecule has 0 amide bonds. The summed E-state index contributed by atoms with van der Waals surface area (Å²) < 4.78 is 11.2. The van der Waals surface area contributed by atoms with Crippen LogP contribution in [0.4, 0.5) is 0 Å². The molecule has 0 aromatic rings. The Morgan fingerprint density at radius 1 is 1.41 bits per heavy atom. The van der Waals surface area contributed by atoms with E-state index in [9.17, 15) is 10.1 Å². The molecule has 5 heteroatoms. The number of hydrogen-bond donors (Lipinski definition) is 0. The minimum absolute atomic E-state index is 0.168. The van der Waals surface area contributed by atoms with E-state index in [4.69, 9.17) is 9.47 Å². The van der Waals surface area contributed by atoms with Gasteiger partial charge in [-0.1, -0.05) is 19.1 Å². The van der Waals surface area contributed by atoms with Crippen LogP contribution in [0.5, 0.6) is 0 Å². The monoisotopic (exact) mass is 241 g/mol. The van der Waals surface area contributed by atoms with Crippen LogP contribution in [0.25, 0.3) is 0 Å². The van der Waals surface area contributed by atoms with Gasteiger partial charge in [-0.2, -0.15) is 0 Å². The van der Waals surface area contributed by atoms with Gasteiger partial charge in [0, 0.05) is 17.3 Å². The molecule has 1 saturated heterocycles. The zero-order chi connectivity index (χ0) is 12.3. The summed E-state index contributed by atoms with van der Waals surface area (Å²) >= 11 is 0. The van der Waals surface area contributed by atoms with Gasteiger partial charge in [0.2, 0.25) is 0 Å². The third kappa shape index (κ3) is 2.50. The van der Waals surface area contributed by atoms with Gasteiger partial charge in [0.25, 0.3) is 5.54 Å². The number of ether oxygens (including phenoxy) is 2. The van der Waals surface area contributed by atoms with Crippen LogP contribution in [-0.2, 0) is 9.47 Å². The molecule has 2 rings (SSSR count). The standard InChI is InChI=1S/C12H19NO4/c1-2-12(13(14)15)8-16-11(17-9-12)10-6-4-3-5-7-10/h3-4,10-11H,2,5-9H2,1H3. The Kier molecular flexibility index (Phi) is 3.79. The lowest BCUT2D eigenvalue weighted by atomic mass is 9.92. The van der Waals surface area contributed by atoms with Gasteiger partial charge in [-0.05, 0) is 19.3 Å². The molecule has 0 aromatic heterocycles. The average molecular weight is 241 g/mol. The van der Waals surface area contributed by atoms with Crippen molar-refractivity contribution in [1.82, 2.24) is 0 Å². The van der Waals surface area contributed by atoms with Crippen molar-refractivity contribution >= 4 is 0 Å². The first kappa shape index (κ1) is 12.5. The Bertz CT molecular complexity index is 308. The fourth-order valence-corrected chi connectivity index (χ4v) is 2.34. The summed E-state index contributed by atoms with van der Waals surface area (Å²) in [5, 5.41) is 11.0. The van der Waals surface area contributed by atoms with Crippen LogP contribution in [-0.4, -0.2) is 30.0 Å². The fourth-order valence-electron chi connectivity index (χ4n) is 2.34. The van der Waals surface area contributed by atoms with Crippen molar-refractivity contribution in [2.75, 3.05) is 13.2 Å². The number of rotatable bonds is 3. The van der Waals surface area contributed by atoms with Crippen LogP contribution in [0.1, 0.15) is 32.6 Å². The molecular formula is C12H19NO4. The summed E-state index contributed by atoms with van der Waals surface area (Å²) in [6.07, 6.45) is 7.50. The second-order valence-corrected chi connectivity index (χ2v) is 4.87. The molecule has 0 radical (unpaired) electrons. The third-order valence-corrected chi connectivity index (χ3v) is 3.77. The predicted molar refractivity (Wildman–Crippen MR) is 62.2 cm³/mol. The highest BCUT2D eigenvalue weighted by molar-refractivity contribution is 4.92. The molecule has 1 heterocycles. The molecule has 96 valence electrons. The van der Waals surface area contributed by atoms with Gasteiger partial charge in [0.05, 0.1) is 0 Å². The fraction of sp³-hybridized carbons (Fsp3) is 0.833. The summed E-state index contributed by atoms with van der Waals surface area (Å²) in [5.41, 5.74) is -1.04. The lowest BCUT2D eigenvalue weighted by Crippen LogP contribution is -2.53. The zero-order valence-electron chi connectivity index (χ0n) is 10.1. The van der Waals surface area contributed by atoms with E-state index >= 15 is 0 Å². The molecule has 5 nitrogen and oxygen atoms in total. The molecule has 1 aliphatic carbocycles. The van der Waals surface area contributed by atoms with Crippen molar-refractivity contribution in [1.29, 1.82) is 0 Å². The number of allylic oxidation sites excluding steroid dienone is 2. The van der Waals surface area contributed by atoms with Crippen molar-refractivity contribution in [2.24, 2.45) is 5.92 Å². The predicted octanol–water partition coefficient (Wildman–Crippen LogP) is 2.14. The minimum Gasteiger partial charge on any atom is -0.345 e. The Morgan fingerprint density at radius 3 is 2.59 bits per heavy atom. The Labute approximate surface area is 101 Å². The molecule has 0 N–H and O–H groups in total. The topological polar surface area (TPSA) is 61.6 Å². The van der Waals surface area contributed by atoms with Crippen molar-refractivity contribution in [3.63, 3.8) is 0 Å². The Morgan fingerprint density at radius 2 is 2.12 bits per heavy atom. The molecule has 0 spiro atoms. The first-order valence-corrected chi connectivity index (χ1v) is 6.20. The van der Waals surface area contributed by atoms with Crippen LogP contribution in [0, 0.1) is 16.0 Å². The highest BCUT2D eigenvalue weighted by Gasteiger charge is 2.47. The van der Waals surface area contributed by atoms with E-state index in [1.54, 1.807) is 6.92 Å². The molecule has 0 saturated carbocycles. The zero-order valence-corrected chi connectivity index (χ0v) is 10.1. The average Bonchev–Trinajstić information content (AvgIpc) is 2.39. The quantitative estimate of drug-likeness (QED) is 0.431. The van der Waals surface area contributed by atoms with Gasteiger partial charge < -0.3 is 9.47 Å². The van der Waals surface area contributed by atoms with Gasteiger partial charge in [0.1, 0.15) is 13.2 Å². The van der Waals surface area contributed by atoms with Crippen molar-refractivity contribution in [3.8, 4) is 0 Å². The maximum Gasteiger partial charge on any atom is 0.267 e.